The number of hydrogen-bond acceptors (Lipinski definition) is 3. The summed E-state index contributed by atoms with van der Waals surface area (Å²) in [5.74, 6) is -0.149. The van der Waals surface area contributed by atoms with Crippen molar-refractivity contribution in [1.82, 2.24) is 0 Å². The van der Waals surface area contributed by atoms with Crippen molar-refractivity contribution >= 4 is 24.1 Å². The van der Waals surface area contributed by atoms with Gasteiger partial charge in [-0.2, -0.15) is 0 Å². The predicted molar refractivity (Wildman–Crippen MR) is 62.8 cm³/mol. The lowest BCUT2D eigenvalue weighted by atomic mass is 10.2. The van der Waals surface area contributed by atoms with Crippen LogP contribution in [-0.2, 0) is 16.1 Å². The van der Waals surface area contributed by atoms with Gasteiger partial charge in [-0.25, -0.2) is 0 Å². The standard InChI is InChI=1S/C11H15NO2.ClH/c1-2-3-11(13)14-8-9-4-6-10(12)7-5-9;/h4-7H,2-3,8,12H2,1H3;1H. The molecular formula is C11H16ClNO2. The summed E-state index contributed by atoms with van der Waals surface area (Å²) in [6, 6.07) is 7.30. The average molecular weight is 230 g/mol. The van der Waals surface area contributed by atoms with Gasteiger partial charge < -0.3 is 10.5 Å². The van der Waals surface area contributed by atoms with Gasteiger partial charge in [-0.15, -0.1) is 12.4 Å². The second-order valence-electron chi connectivity index (χ2n) is 3.15. The summed E-state index contributed by atoms with van der Waals surface area (Å²) < 4.78 is 5.03. The number of ether oxygens (including phenoxy) is 1. The maximum absolute atomic E-state index is 11.0. The highest BCUT2D eigenvalue weighted by Crippen LogP contribution is 2.07. The van der Waals surface area contributed by atoms with Crippen molar-refractivity contribution in [3.05, 3.63) is 29.8 Å². The van der Waals surface area contributed by atoms with E-state index in [1.54, 1.807) is 12.1 Å². The normalized spacial score (nSPS) is 9.13. The second kappa shape index (κ2) is 7.12. The van der Waals surface area contributed by atoms with Gasteiger partial charge in [0, 0.05) is 12.1 Å². The van der Waals surface area contributed by atoms with E-state index >= 15 is 0 Å². The van der Waals surface area contributed by atoms with Crippen molar-refractivity contribution in [2.45, 2.75) is 26.4 Å². The van der Waals surface area contributed by atoms with Crippen LogP contribution < -0.4 is 5.73 Å². The molecule has 84 valence electrons. The third kappa shape index (κ3) is 5.27. The van der Waals surface area contributed by atoms with Gasteiger partial charge in [0.2, 0.25) is 0 Å². The van der Waals surface area contributed by atoms with Crippen LogP contribution in [0.1, 0.15) is 25.3 Å². The van der Waals surface area contributed by atoms with Gasteiger partial charge >= 0.3 is 5.97 Å². The molecule has 0 aromatic heterocycles. The van der Waals surface area contributed by atoms with E-state index in [4.69, 9.17) is 10.5 Å². The van der Waals surface area contributed by atoms with Crippen molar-refractivity contribution in [3.63, 3.8) is 0 Å². The van der Waals surface area contributed by atoms with E-state index in [0.717, 1.165) is 12.0 Å². The Labute approximate surface area is 96.0 Å². The van der Waals surface area contributed by atoms with Crippen LogP contribution in [0.4, 0.5) is 5.69 Å². The average Bonchev–Trinajstić information content (AvgIpc) is 2.17. The summed E-state index contributed by atoms with van der Waals surface area (Å²) in [4.78, 5) is 11.0. The molecule has 0 aliphatic carbocycles. The van der Waals surface area contributed by atoms with E-state index in [9.17, 15) is 4.79 Å². The third-order valence-corrected chi connectivity index (χ3v) is 1.83. The summed E-state index contributed by atoms with van der Waals surface area (Å²) in [5, 5.41) is 0. The summed E-state index contributed by atoms with van der Waals surface area (Å²) in [5.41, 5.74) is 7.20. The van der Waals surface area contributed by atoms with Gasteiger partial charge in [0.05, 0.1) is 0 Å². The van der Waals surface area contributed by atoms with Crippen LogP contribution in [0.2, 0.25) is 0 Å². The van der Waals surface area contributed by atoms with Crippen LogP contribution in [0, 0.1) is 0 Å². The molecule has 0 aliphatic rings. The van der Waals surface area contributed by atoms with Crippen LogP contribution in [-0.4, -0.2) is 5.97 Å². The fraction of sp³-hybridized carbons (Fsp3) is 0.364. The first-order valence-electron chi connectivity index (χ1n) is 4.72. The van der Waals surface area contributed by atoms with Gasteiger partial charge in [0.1, 0.15) is 6.61 Å². The summed E-state index contributed by atoms with van der Waals surface area (Å²) >= 11 is 0. The molecule has 0 fully saturated rings. The maximum Gasteiger partial charge on any atom is 0.306 e. The molecule has 0 radical (unpaired) electrons. The second-order valence-corrected chi connectivity index (χ2v) is 3.15. The minimum Gasteiger partial charge on any atom is -0.461 e. The fourth-order valence-electron chi connectivity index (χ4n) is 1.05. The van der Waals surface area contributed by atoms with Gasteiger partial charge in [-0.05, 0) is 24.1 Å². The van der Waals surface area contributed by atoms with E-state index in [0.29, 0.717) is 18.7 Å². The molecule has 0 saturated carbocycles. The number of nitrogen functional groups attached to an aromatic ring is 1. The summed E-state index contributed by atoms with van der Waals surface area (Å²) in [6.07, 6.45) is 1.30. The highest BCUT2D eigenvalue weighted by Gasteiger charge is 2.00. The molecule has 0 heterocycles. The summed E-state index contributed by atoms with van der Waals surface area (Å²) in [6.45, 7) is 2.28. The molecule has 1 aromatic carbocycles. The van der Waals surface area contributed by atoms with Crippen molar-refractivity contribution in [2.24, 2.45) is 0 Å². The van der Waals surface area contributed by atoms with E-state index in [1.807, 2.05) is 19.1 Å². The zero-order valence-corrected chi connectivity index (χ0v) is 9.55. The molecule has 0 aliphatic heterocycles. The number of nitrogens with two attached hydrogens (primary N) is 1. The van der Waals surface area contributed by atoms with Crippen molar-refractivity contribution < 1.29 is 9.53 Å². The first-order valence-corrected chi connectivity index (χ1v) is 4.72. The molecule has 15 heavy (non-hydrogen) atoms. The summed E-state index contributed by atoms with van der Waals surface area (Å²) in [7, 11) is 0. The molecule has 3 nitrogen and oxygen atoms in total. The predicted octanol–water partition coefficient (Wildman–Crippen LogP) is 2.53. The lowest BCUT2D eigenvalue weighted by molar-refractivity contribution is -0.144. The molecule has 2 N–H and O–H groups in total. The lowest BCUT2D eigenvalue weighted by Gasteiger charge is -2.03. The third-order valence-electron chi connectivity index (χ3n) is 1.83. The number of benzene rings is 1. The minimum atomic E-state index is -0.149. The van der Waals surface area contributed by atoms with Crippen LogP contribution in [0.15, 0.2) is 24.3 Å². The van der Waals surface area contributed by atoms with Gasteiger partial charge in [0.15, 0.2) is 0 Å². The van der Waals surface area contributed by atoms with Gasteiger partial charge in [-0.3, -0.25) is 4.79 Å². The largest absolute Gasteiger partial charge is 0.461 e. The molecule has 0 spiro atoms. The first-order chi connectivity index (χ1) is 6.72. The van der Waals surface area contributed by atoms with E-state index < -0.39 is 0 Å². The Morgan fingerprint density at radius 3 is 2.47 bits per heavy atom. The number of halogens is 1. The van der Waals surface area contributed by atoms with Crippen LogP contribution in [0.5, 0.6) is 0 Å². The maximum atomic E-state index is 11.0. The van der Waals surface area contributed by atoms with E-state index in [-0.39, 0.29) is 18.4 Å². The van der Waals surface area contributed by atoms with Crippen molar-refractivity contribution in [3.8, 4) is 0 Å². The number of carbonyl (C=O) groups excluding carboxylic acids is 1. The molecule has 0 atom stereocenters. The van der Waals surface area contributed by atoms with Crippen molar-refractivity contribution in [2.75, 3.05) is 5.73 Å². The Hall–Kier alpha value is -1.22. The molecular weight excluding hydrogens is 214 g/mol. The molecule has 4 heteroatoms. The Bertz CT molecular complexity index is 298. The van der Waals surface area contributed by atoms with Crippen LogP contribution in [0.3, 0.4) is 0 Å². The van der Waals surface area contributed by atoms with Gasteiger partial charge in [-0.1, -0.05) is 19.1 Å². The Kier molecular flexibility index (Phi) is 6.54. The lowest BCUT2D eigenvalue weighted by Crippen LogP contribution is -2.03. The molecule has 0 saturated heterocycles. The number of esters is 1. The Morgan fingerprint density at radius 2 is 1.93 bits per heavy atom. The number of anilines is 1. The zero-order valence-electron chi connectivity index (χ0n) is 8.73. The molecule has 0 amide bonds. The minimum absolute atomic E-state index is 0. The molecule has 0 bridgehead atoms. The smallest absolute Gasteiger partial charge is 0.306 e. The Morgan fingerprint density at radius 1 is 1.33 bits per heavy atom. The highest BCUT2D eigenvalue weighted by atomic mass is 35.5. The number of rotatable bonds is 4. The van der Waals surface area contributed by atoms with E-state index in [1.165, 1.54) is 0 Å². The SMILES string of the molecule is CCCC(=O)OCc1ccc(N)cc1.Cl. The Balaban J connectivity index is 0.00000196. The van der Waals surface area contributed by atoms with E-state index in [2.05, 4.69) is 0 Å². The topological polar surface area (TPSA) is 52.3 Å². The molecule has 1 rings (SSSR count). The highest BCUT2D eigenvalue weighted by molar-refractivity contribution is 5.85. The molecule has 1 aromatic rings. The number of hydrogen-bond donors (Lipinski definition) is 1. The van der Waals surface area contributed by atoms with Crippen LogP contribution in [0.25, 0.3) is 0 Å². The monoisotopic (exact) mass is 229 g/mol. The number of carbonyl (C=O) groups is 1. The van der Waals surface area contributed by atoms with Crippen LogP contribution >= 0.6 is 12.4 Å². The first kappa shape index (κ1) is 13.8. The quantitative estimate of drug-likeness (QED) is 0.638. The fourth-order valence-corrected chi connectivity index (χ4v) is 1.05. The van der Waals surface area contributed by atoms with Crippen molar-refractivity contribution in [1.29, 1.82) is 0 Å². The molecule has 0 unspecified atom stereocenters. The van der Waals surface area contributed by atoms with Gasteiger partial charge in [0.25, 0.3) is 0 Å². The zero-order chi connectivity index (χ0) is 10.4.